The number of sulfonamides is 1. The summed E-state index contributed by atoms with van der Waals surface area (Å²) in [6.45, 7) is 2.74. The number of rotatable bonds is 9. The Bertz CT molecular complexity index is 609. The number of methoxy groups -OCH3 is 2. The van der Waals surface area contributed by atoms with Crippen LogP contribution in [0.4, 0.5) is 0 Å². The average molecular weight is 344 g/mol. The molecule has 1 amide bonds. The molecule has 0 bridgehead atoms. The Morgan fingerprint density at radius 2 is 1.74 bits per heavy atom. The average Bonchev–Trinajstić information content (AvgIpc) is 2.51. The first-order valence-corrected chi connectivity index (χ1v) is 9.14. The highest BCUT2D eigenvalue weighted by Gasteiger charge is 2.19. The molecule has 0 aromatic heterocycles. The number of ether oxygens (including phenoxy) is 2. The number of carbonyl (C=O) groups excluding carboxylic acids is 1. The first-order valence-electron chi connectivity index (χ1n) is 7.29. The molecule has 1 rings (SSSR count). The summed E-state index contributed by atoms with van der Waals surface area (Å²) >= 11 is 0. The second kappa shape index (κ2) is 8.73. The molecule has 7 nitrogen and oxygen atoms in total. The SMILES string of the molecule is CCCN(CCNC(=O)c1c(OC)cccc1OC)S(C)(=O)=O. The highest BCUT2D eigenvalue weighted by molar-refractivity contribution is 7.88. The number of hydrogen-bond donors (Lipinski definition) is 1. The van der Waals surface area contributed by atoms with Gasteiger partial charge in [-0.05, 0) is 18.6 Å². The van der Waals surface area contributed by atoms with Crippen LogP contribution < -0.4 is 14.8 Å². The number of hydrogen-bond acceptors (Lipinski definition) is 5. The summed E-state index contributed by atoms with van der Waals surface area (Å²) in [6, 6.07) is 5.05. The molecule has 0 atom stereocenters. The third kappa shape index (κ3) is 5.40. The molecule has 0 heterocycles. The number of amides is 1. The molecule has 130 valence electrons. The van der Waals surface area contributed by atoms with E-state index in [1.807, 2.05) is 6.92 Å². The van der Waals surface area contributed by atoms with Gasteiger partial charge in [0.1, 0.15) is 17.1 Å². The fourth-order valence-corrected chi connectivity index (χ4v) is 3.09. The molecular weight excluding hydrogens is 320 g/mol. The van der Waals surface area contributed by atoms with Crippen LogP contribution in [0.5, 0.6) is 11.5 Å². The summed E-state index contributed by atoms with van der Waals surface area (Å²) in [4.78, 5) is 12.4. The van der Waals surface area contributed by atoms with Gasteiger partial charge >= 0.3 is 0 Å². The second-order valence-corrected chi connectivity index (χ2v) is 6.94. The van der Waals surface area contributed by atoms with Crippen LogP contribution in [0.25, 0.3) is 0 Å². The maximum absolute atomic E-state index is 12.4. The fourth-order valence-electron chi connectivity index (χ4n) is 2.15. The molecule has 0 aliphatic rings. The van der Waals surface area contributed by atoms with Crippen molar-refractivity contribution in [3.63, 3.8) is 0 Å². The lowest BCUT2D eigenvalue weighted by atomic mass is 10.1. The molecule has 1 aromatic rings. The number of benzene rings is 1. The molecule has 8 heteroatoms. The summed E-state index contributed by atoms with van der Waals surface area (Å²) in [6.07, 6.45) is 1.87. The van der Waals surface area contributed by atoms with Gasteiger partial charge < -0.3 is 14.8 Å². The minimum absolute atomic E-state index is 0.201. The van der Waals surface area contributed by atoms with Crippen LogP contribution in [0.15, 0.2) is 18.2 Å². The molecule has 0 saturated heterocycles. The van der Waals surface area contributed by atoms with Crippen LogP contribution >= 0.6 is 0 Å². The van der Waals surface area contributed by atoms with Gasteiger partial charge in [-0.15, -0.1) is 0 Å². The van der Waals surface area contributed by atoms with E-state index in [0.29, 0.717) is 30.0 Å². The number of carbonyl (C=O) groups is 1. The van der Waals surface area contributed by atoms with Crippen LogP contribution in [0.3, 0.4) is 0 Å². The molecule has 0 aliphatic heterocycles. The lowest BCUT2D eigenvalue weighted by molar-refractivity contribution is 0.0945. The highest BCUT2D eigenvalue weighted by Crippen LogP contribution is 2.27. The van der Waals surface area contributed by atoms with E-state index in [1.165, 1.54) is 18.5 Å². The van der Waals surface area contributed by atoms with Crippen molar-refractivity contribution in [3.8, 4) is 11.5 Å². The summed E-state index contributed by atoms with van der Waals surface area (Å²) in [7, 11) is -0.342. The van der Waals surface area contributed by atoms with E-state index < -0.39 is 10.0 Å². The first kappa shape index (κ1) is 19.2. The Morgan fingerprint density at radius 3 is 2.17 bits per heavy atom. The topological polar surface area (TPSA) is 84.9 Å². The van der Waals surface area contributed by atoms with Gasteiger partial charge in [-0.2, -0.15) is 0 Å². The summed E-state index contributed by atoms with van der Waals surface area (Å²) in [5.41, 5.74) is 0.291. The van der Waals surface area contributed by atoms with Crippen molar-refractivity contribution < 1.29 is 22.7 Å². The largest absolute Gasteiger partial charge is 0.496 e. The summed E-state index contributed by atoms with van der Waals surface area (Å²) in [5, 5.41) is 2.70. The van der Waals surface area contributed by atoms with E-state index in [0.717, 1.165) is 6.26 Å². The van der Waals surface area contributed by atoms with E-state index in [9.17, 15) is 13.2 Å². The van der Waals surface area contributed by atoms with Crippen molar-refractivity contribution in [2.24, 2.45) is 0 Å². The first-order chi connectivity index (χ1) is 10.8. The van der Waals surface area contributed by atoms with Gasteiger partial charge in [0.05, 0.1) is 20.5 Å². The second-order valence-electron chi connectivity index (χ2n) is 4.96. The van der Waals surface area contributed by atoms with Crippen LogP contribution in [-0.2, 0) is 10.0 Å². The predicted octanol–water partition coefficient (Wildman–Crippen LogP) is 1.11. The maximum Gasteiger partial charge on any atom is 0.258 e. The van der Waals surface area contributed by atoms with Gasteiger partial charge in [0.2, 0.25) is 10.0 Å². The van der Waals surface area contributed by atoms with Gasteiger partial charge in [-0.1, -0.05) is 13.0 Å². The standard InChI is InChI=1S/C15H24N2O5S/c1-5-10-17(23(4,19)20)11-9-16-15(18)14-12(21-2)7-6-8-13(14)22-3/h6-8H,5,9-11H2,1-4H3,(H,16,18). The Balaban J connectivity index is 2.78. The van der Waals surface area contributed by atoms with E-state index >= 15 is 0 Å². The molecule has 0 unspecified atom stereocenters. The molecule has 23 heavy (non-hydrogen) atoms. The van der Waals surface area contributed by atoms with Crippen molar-refractivity contribution in [3.05, 3.63) is 23.8 Å². The lowest BCUT2D eigenvalue weighted by Crippen LogP contribution is -2.38. The number of nitrogens with one attached hydrogen (secondary N) is 1. The van der Waals surface area contributed by atoms with E-state index in [-0.39, 0.29) is 19.0 Å². The quantitative estimate of drug-likeness (QED) is 0.725. The van der Waals surface area contributed by atoms with Crippen molar-refractivity contribution in [1.82, 2.24) is 9.62 Å². The van der Waals surface area contributed by atoms with Crippen molar-refractivity contribution in [2.45, 2.75) is 13.3 Å². The van der Waals surface area contributed by atoms with Crippen molar-refractivity contribution >= 4 is 15.9 Å². The highest BCUT2D eigenvalue weighted by atomic mass is 32.2. The van der Waals surface area contributed by atoms with Crippen LogP contribution in [0.1, 0.15) is 23.7 Å². The van der Waals surface area contributed by atoms with Crippen molar-refractivity contribution in [1.29, 1.82) is 0 Å². The molecule has 0 aliphatic carbocycles. The molecule has 0 spiro atoms. The fraction of sp³-hybridized carbons (Fsp3) is 0.533. The molecular formula is C15H24N2O5S. The zero-order valence-electron chi connectivity index (χ0n) is 14.0. The van der Waals surface area contributed by atoms with Crippen molar-refractivity contribution in [2.75, 3.05) is 40.1 Å². The zero-order valence-corrected chi connectivity index (χ0v) is 14.8. The van der Waals surface area contributed by atoms with Crippen LogP contribution in [-0.4, -0.2) is 58.7 Å². The Kier molecular flexibility index (Phi) is 7.31. The van der Waals surface area contributed by atoms with E-state index in [4.69, 9.17) is 9.47 Å². The zero-order chi connectivity index (χ0) is 17.5. The summed E-state index contributed by atoms with van der Waals surface area (Å²) in [5.74, 6) is 0.426. The van der Waals surface area contributed by atoms with E-state index in [2.05, 4.69) is 5.32 Å². The Morgan fingerprint density at radius 1 is 1.17 bits per heavy atom. The smallest absolute Gasteiger partial charge is 0.258 e. The lowest BCUT2D eigenvalue weighted by Gasteiger charge is -2.19. The minimum Gasteiger partial charge on any atom is -0.496 e. The third-order valence-corrected chi connectivity index (χ3v) is 4.55. The molecule has 1 N–H and O–H groups in total. The van der Waals surface area contributed by atoms with Crippen LogP contribution in [0.2, 0.25) is 0 Å². The normalized spacial score (nSPS) is 11.3. The Hall–Kier alpha value is -1.80. The van der Waals surface area contributed by atoms with Gasteiger partial charge in [0, 0.05) is 19.6 Å². The maximum atomic E-state index is 12.4. The molecule has 0 radical (unpaired) electrons. The monoisotopic (exact) mass is 344 g/mol. The van der Waals surface area contributed by atoms with Crippen LogP contribution in [0, 0.1) is 0 Å². The minimum atomic E-state index is -3.28. The van der Waals surface area contributed by atoms with Gasteiger partial charge in [0.15, 0.2) is 0 Å². The predicted molar refractivity (Wildman–Crippen MR) is 88.6 cm³/mol. The van der Waals surface area contributed by atoms with E-state index in [1.54, 1.807) is 18.2 Å². The molecule has 0 fully saturated rings. The van der Waals surface area contributed by atoms with Gasteiger partial charge in [-0.3, -0.25) is 4.79 Å². The van der Waals surface area contributed by atoms with Gasteiger partial charge in [-0.25, -0.2) is 12.7 Å². The summed E-state index contributed by atoms with van der Waals surface area (Å²) < 4.78 is 35.0. The third-order valence-electron chi connectivity index (χ3n) is 3.24. The van der Waals surface area contributed by atoms with Gasteiger partial charge in [0.25, 0.3) is 5.91 Å². The molecule has 0 saturated carbocycles. The number of nitrogens with zero attached hydrogens (tertiary/aromatic N) is 1. The Labute approximate surface area is 137 Å². The molecule has 1 aromatic carbocycles.